The summed E-state index contributed by atoms with van der Waals surface area (Å²) in [4.78, 5) is 0. The predicted molar refractivity (Wildman–Crippen MR) is 81.0 cm³/mol. The third-order valence-electron chi connectivity index (χ3n) is 2.71. The van der Waals surface area contributed by atoms with E-state index in [2.05, 4.69) is 0 Å². The van der Waals surface area contributed by atoms with E-state index in [4.69, 9.17) is 16.3 Å². The molecular formula is C13H13ClFNO3S2. The summed E-state index contributed by atoms with van der Waals surface area (Å²) < 4.78 is 44.7. The van der Waals surface area contributed by atoms with Crippen LogP contribution in [0.15, 0.2) is 40.6 Å². The number of hydrogen-bond donors (Lipinski definition) is 0. The van der Waals surface area contributed by atoms with E-state index >= 15 is 0 Å². The molecule has 114 valence electrons. The van der Waals surface area contributed by atoms with Gasteiger partial charge in [0.05, 0.1) is 4.34 Å². The fraction of sp³-hybridized carbons (Fsp3) is 0.231. The Morgan fingerprint density at radius 2 is 2.00 bits per heavy atom. The molecule has 0 fully saturated rings. The molecule has 0 amide bonds. The molecule has 8 heteroatoms. The Hall–Kier alpha value is -1.15. The topological polar surface area (TPSA) is 46.6 Å². The standard InChI is InChI=1S/C13H13ClFNO3S2/c1-16(21(17,18)13-7-6-12(14)20-13)8-9-19-11-5-3-2-4-10(11)15/h2-7H,8-9H2,1H3. The molecule has 4 nitrogen and oxygen atoms in total. The molecule has 2 aromatic rings. The van der Waals surface area contributed by atoms with Crippen molar-refractivity contribution in [2.45, 2.75) is 4.21 Å². The summed E-state index contributed by atoms with van der Waals surface area (Å²) >= 11 is 6.73. The number of nitrogens with zero attached hydrogens (tertiary/aromatic N) is 1. The predicted octanol–water partition coefficient (Wildman–Crippen LogP) is 3.24. The van der Waals surface area contributed by atoms with Crippen LogP contribution >= 0.6 is 22.9 Å². The van der Waals surface area contributed by atoms with Crippen molar-refractivity contribution in [3.63, 3.8) is 0 Å². The smallest absolute Gasteiger partial charge is 0.252 e. The van der Waals surface area contributed by atoms with Gasteiger partial charge in [-0.1, -0.05) is 23.7 Å². The van der Waals surface area contributed by atoms with Crippen LogP contribution in [0.3, 0.4) is 0 Å². The van der Waals surface area contributed by atoms with Gasteiger partial charge in [-0.05, 0) is 24.3 Å². The highest BCUT2D eigenvalue weighted by atomic mass is 35.5. The second-order valence-electron chi connectivity index (χ2n) is 4.16. The highest BCUT2D eigenvalue weighted by Crippen LogP contribution is 2.27. The van der Waals surface area contributed by atoms with Crippen LogP contribution in [0, 0.1) is 5.82 Å². The third-order valence-corrected chi connectivity index (χ3v) is 6.27. The van der Waals surface area contributed by atoms with Crippen molar-refractivity contribution < 1.29 is 17.5 Å². The Kier molecular flexibility index (Phi) is 5.21. The average molecular weight is 350 g/mol. The molecule has 0 atom stereocenters. The maximum absolute atomic E-state index is 13.3. The molecule has 1 aromatic heterocycles. The average Bonchev–Trinajstić information content (AvgIpc) is 2.88. The van der Waals surface area contributed by atoms with E-state index in [0.717, 1.165) is 15.6 Å². The first kappa shape index (κ1) is 16.2. The van der Waals surface area contributed by atoms with Crippen LogP contribution in [0.1, 0.15) is 0 Å². The number of ether oxygens (including phenoxy) is 1. The summed E-state index contributed by atoms with van der Waals surface area (Å²) in [7, 11) is -2.15. The highest BCUT2D eigenvalue weighted by molar-refractivity contribution is 7.91. The molecule has 0 spiro atoms. The Labute approximate surface area is 131 Å². The van der Waals surface area contributed by atoms with Crippen LogP contribution in [0.25, 0.3) is 0 Å². The zero-order valence-electron chi connectivity index (χ0n) is 11.1. The number of thiophene rings is 1. The Bertz CT molecular complexity index is 718. The van der Waals surface area contributed by atoms with E-state index in [9.17, 15) is 12.8 Å². The monoisotopic (exact) mass is 349 g/mol. The quantitative estimate of drug-likeness (QED) is 0.804. The largest absolute Gasteiger partial charge is 0.489 e. The molecule has 0 aliphatic heterocycles. The van der Waals surface area contributed by atoms with Gasteiger partial charge in [-0.2, -0.15) is 4.31 Å². The van der Waals surface area contributed by atoms with E-state index < -0.39 is 15.8 Å². The van der Waals surface area contributed by atoms with Gasteiger partial charge in [0.2, 0.25) is 0 Å². The molecule has 0 saturated heterocycles. The lowest BCUT2D eigenvalue weighted by Gasteiger charge is -2.16. The second kappa shape index (κ2) is 6.74. The molecule has 0 unspecified atom stereocenters. The minimum atomic E-state index is -3.59. The molecule has 2 rings (SSSR count). The molecule has 21 heavy (non-hydrogen) atoms. The molecule has 0 bridgehead atoms. The first-order valence-electron chi connectivity index (χ1n) is 6.00. The fourth-order valence-corrected chi connectivity index (χ4v) is 4.40. The summed E-state index contributed by atoms with van der Waals surface area (Å²) in [5.74, 6) is -0.379. The number of likely N-dealkylation sites (N-methyl/N-ethyl adjacent to an activating group) is 1. The molecule has 0 saturated carbocycles. The van der Waals surface area contributed by atoms with Crippen molar-refractivity contribution in [3.05, 3.63) is 46.6 Å². The van der Waals surface area contributed by atoms with Crippen LogP contribution in [-0.4, -0.2) is 32.9 Å². The SMILES string of the molecule is CN(CCOc1ccccc1F)S(=O)(=O)c1ccc(Cl)s1. The number of hydrogen-bond acceptors (Lipinski definition) is 4. The van der Waals surface area contributed by atoms with E-state index in [-0.39, 0.29) is 23.1 Å². The Morgan fingerprint density at radius 3 is 2.62 bits per heavy atom. The van der Waals surface area contributed by atoms with Crippen LogP contribution in [-0.2, 0) is 10.0 Å². The molecular weight excluding hydrogens is 337 g/mol. The van der Waals surface area contributed by atoms with E-state index in [1.54, 1.807) is 12.1 Å². The molecule has 1 aromatic carbocycles. The van der Waals surface area contributed by atoms with Crippen LogP contribution < -0.4 is 4.74 Å². The molecule has 0 aliphatic rings. The van der Waals surface area contributed by atoms with Gasteiger partial charge >= 0.3 is 0 Å². The van der Waals surface area contributed by atoms with Gasteiger partial charge in [0.1, 0.15) is 10.8 Å². The minimum Gasteiger partial charge on any atom is -0.489 e. The van der Waals surface area contributed by atoms with Crippen molar-refractivity contribution in [1.82, 2.24) is 4.31 Å². The second-order valence-corrected chi connectivity index (χ2v) is 8.15. The van der Waals surface area contributed by atoms with E-state index in [1.807, 2.05) is 0 Å². The van der Waals surface area contributed by atoms with Crippen molar-refractivity contribution in [1.29, 1.82) is 0 Å². The van der Waals surface area contributed by atoms with Crippen molar-refractivity contribution >= 4 is 33.0 Å². The van der Waals surface area contributed by atoms with Crippen molar-refractivity contribution in [2.24, 2.45) is 0 Å². The van der Waals surface area contributed by atoms with Gasteiger partial charge in [-0.15, -0.1) is 11.3 Å². The molecule has 0 radical (unpaired) electrons. The van der Waals surface area contributed by atoms with E-state index in [1.165, 1.54) is 31.3 Å². The summed E-state index contributed by atoms with van der Waals surface area (Å²) in [6.45, 7) is 0.155. The van der Waals surface area contributed by atoms with Crippen molar-refractivity contribution in [3.8, 4) is 5.75 Å². The van der Waals surface area contributed by atoms with Crippen LogP contribution in [0.2, 0.25) is 4.34 Å². The number of sulfonamides is 1. The van der Waals surface area contributed by atoms with Crippen LogP contribution in [0.5, 0.6) is 5.75 Å². The normalized spacial score (nSPS) is 11.8. The number of para-hydroxylation sites is 1. The van der Waals surface area contributed by atoms with Gasteiger partial charge in [0, 0.05) is 13.6 Å². The molecule has 0 N–H and O–H groups in total. The lowest BCUT2D eigenvalue weighted by molar-refractivity contribution is 0.275. The van der Waals surface area contributed by atoms with Gasteiger partial charge in [-0.3, -0.25) is 0 Å². The summed E-state index contributed by atoms with van der Waals surface area (Å²) in [6, 6.07) is 8.96. The summed E-state index contributed by atoms with van der Waals surface area (Å²) in [5, 5.41) is 0. The fourth-order valence-electron chi connectivity index (χ4n) is 1.56. The van der Waals surface area contributed by atoms with Gasteiger partial charge in [0.15, 0.2) is 11.6 Å². The number of benzene rings is 1. The first-order chi connectivity index (χ1) is 9.91. The highest BCUT2D eigenvalue weighted by Gasteiger charge is 2.22. The van der Waals surface area contributed by atoms with Gasteiger partial charge in [-0.25, -0.2) is 12.8 Å². The Morgan fingerprint density at radius 1 is 1.29 bits per heavy atom. The lowest BCUT2D eigenvalue weighted by atomic mass is 10.3. The van der Waals surface area contributed by atoms with Crippen molar-refractivity contribution in [2.75, 3.05) is 20.2 Å². The maximum Gasteiger partial charge on any atom is 0.252 e. The van der Waals surface area contributed by atoms with Gasteiger partial charge < -0.3 is 4.74 Å². The van der Waals surface area contributed by atoms with E-state index in [0.29, 0.717) is 4.34 Å². The summed E-state index contributed by atoms with van der Waals surface area (Å²) in [6.07, 6.45) is 0. The number of rotatable bonds is 6. The Balaban J connectivity index is 1.96. The minimum absolute atomic E-state index is 0.0514. The molecule has 1 heterocycles. The first-order valence-corrected chi connectivity index (χ1v) is 8.64. The lowest BCUT2D eigenvalue weighted by Crippen LogP contribution is -2.30. The van der Waals surface area contributed by atoms with Crippen LogP contribution in [0.4, 0.5) is 4.39 Å². The zero-order chi connectivity index (χ0) is 15.5. The molecule has 0 aliphatic carbocycles. The zero-order valence-corrected chi connectivity index (χ0v) is 13.5. The number of halogens is 2. The third kappa shape index (κ3) is 3.94. The maximum atomic E-state index is 13.3. The summed E-state index contributed by atoms with van der Waals surface area (Å²) in [5.41, 5.74) is 0. The van der Waals surface area contributed by atoms with Gasteiger partial charge in [0.25, 0.3) is 10.0 Å².